The largest absolute Gasteiger partial charge is 0.493 e. The van der Waals surface area contributed by atoms with Crippen molar-refractivity contribution >= 4 is 11.6 Å². The molecule has 0 radical (unpaired) electrons. The van der Waals surface area contributed by atoms with Gasteiger partial charge in [-0.2, -0.15) is 0 Å². The second-order valence-electron chi connectivity index (χ2n) is 6.05. The Kier molecular flexibility index (Phi) is 5.31. The van der Waals surface area contributed by atoms with Crippen LogP contribution in [0.25, 0.3) is 5.65 Å². The highest BCUT2D eigenvalue weighted by molar-refractivity contribution is 5.69. The summed E-state index contributed by atoms with van der Waals surface area (Å²) >= 11 is 0. The highest BCUT2D eigenvalue weighted by Crippen LogP contribution is 2.12. The summed E-state index contributed by atoms with van der Waals surface area (Å²) in [4.78, 5) is 28.4. The van der Waals surface area contributed by atoms with Gasteiger partial charge < -0.3 is 9.47 Å². The van der Waals surface area contributed by atoms with Gasteiger partial charge in [0.25, 0.3) is 5.56 Å². The molecule has 6 nitrogen and oxygen atoms in total. The van der Waals surface area contributed by atoms with E-state index in [0.717, 1.165) is 16.9 Å². The van der Waals surface area contributed by atoms with E-state index in [1.54, 1.807) is 12.3 Å². The van der Waals surface area contributed by atoms with Gasteiger partial charge >= 0.3 is 5.97 Å². The van der Waals surface area contributed by atoms with Crippen LogP contribution in [0.15, 0.2) is 53.5 Å². The molecule has 2 aromatic heterocycles. The van der Waals surface area contributed by atoms with E-state index in [1.165, 1.54) is 10.5 Å². The molecule has 3 aromatic rings. The van der Waals surface area contributed by atoms with Gasteiger partial charge in [0.15, 0.2) is 0 Å². The molecular formula is C20H20N2O4. The molecule has 0 unspecified atom stereocenters. The van der Waals surface area contributed by atoms with Gasteiger partial charge in [0.05, 0.1) is 18.7 Å². The SMILES string of the molecule is Cc1cccc(OCCC(=O)OCc2cc(=O)n3cccc(C)c3n2)c1. The first kappa shape index (κ1) is 17.7. The minimum Gasteiger partial charge on any atom is -0.493 e. The van der Waals surface area contributed by atoms with Crippen molar-refractivity contribution < 1.29 is 14.3 Å². The quantitative estimate of drug-likeness (QED) is 0.638. The van der Waals surface area contributed by atoms with Gasteiger partial charge in [0.1, 0.15) is 18.0 Å². The van der Waals surface area contributed by atoms with Gasteiger partial charge in [0, 0.05) is 12.3 Å². The Morgan fingerprint density at radius 3 is 2.81 bits per heavy atom. The number of carbonyl (C=O) groups excluding carboxylic acids is 1. The van der Waals surface area contributed by atoms with Gasteiger partial charge in [-0.15, -0.1) is 0 Å². The summed E-state index contributed by atoms with van der Waals surface area (Å²) in [7, 11) is 0. The maximum Gasteiger partial charge on any atom is 0.309 e. The molecule has 6 heteroatoms. The van der Waals surface area contributed by atoms with Crippen LogP contribution in [-0.2, 0) is 16.1 Å². The topological polar surface area (TPSA) is 69.9 Å². The van der Waals surface area contributed by atoms with Gasteiger partial charge in [-0.25, -0.2) is 4.98 Å². The molecule has 26 heavy (non-hydrogen) atoms. The van der Waals surface area contributed by atoms with Crippen LogP contribution >= 0.6 is 0 Å². The molecule has 0 saturated heterocycles. The molecule has 0 aliphatic rings. The fraction of sp³-hybridized carbons (Fsp3) is 0.250. The van der Waals surface area contributed by atoms with Crippen molar-refractivity contribution in [3.8, 4) is 5.75 Å². The molecule has 0 aliphatic carbocycles. The lowest BCUT2D eigenvalue weighted by Crippen LogP contribution is -2.17. The monoisotopic (exact) mass is 352 g/mol. The molecule has 1 aromatic carbocycles. The molecule has 0 saturated carbocycles. The van der Waals surface area contributed by atoms with Crippen LogP contribution < -0.4 is 10.3 Å². The van der Waals surface area contributed by atoms with Crippen molar-refractivity contribution in [3.05, 3.63) is 75.8 Å². The van der Waals surface area contributed by atoms with E-state index < -0.39 is 5.97 Å². The molecule has 0 amide bonds. The summed E-state index contributed by atoms with van der Waals surface area (Å²) in [6.07, 6.45) is 1.79. The maximum absolute atomic E-state index is 12.1. The lowest BCUT2D eigenvalue weighted by Gasteiger charge is -2.08. The summed E-state index contributed by atoms with van der Waals surface area (Å²) < 4.78 is 12.2. The summed E-state index contributed by atoms with van der Waals surface area (Å²) in [5, 5.41) is 0. The van der Waals surface area contributed by atoms with Crippen LogP contribution in [0.5, 0.6) is 5.75 Å². The molecule has 0 atom stereocenters. The predicted octanol–water partition coefficient (Wildman–Crippen LogP) is 2.82. The number of hydrogen-bond donors (Lipinski definition) is 0. The Morgan fingerprint density at radius 1 is 1.15 bits per heavy atom. The van der Waals surface area contributed by atoms with Crippen molar-refractivity contribution in [1.82, 2.24) is 9.38 Å². The van der Waals surface area contributed by atoms with Crippen LogP contribution in [-0.4, -0.2) is 22.0 Å². The maximum atomic E-state index is 12.1. The summed E-state index contributed by atoms with van der Waals surface area (Å²) in [5.41, 5.74) is 2.76. The molecule has 0 bridgehead atoms. The van der Waals surface area contributed by atoms with Gasteiger partial charge in [-0.3, -0.25) is 14.0 Å². The normalized spacial score (nSPS) is 10.7. The molecule has 0 N–H and O–H groups in total. The highest BCUT2D eigenvalue weighted by atomic mass is 16.5. The van der Waals surface area contributed by atoms with E-state index in [2.05, 4.69) is 4.98 Å². The smallest absolute Gasteiger partial charge is 0.309 e. The van der Waals surface area contributed by atoms with E-state index in [1.807, 2.05) is 44.2 Å². The predicted molar refractivity (Wildman–Crippen MR) is 97.3 cm³/mol. The van der Waals surface area contributed by atoms with E-state index in [4.69, 9.17) is 9.47 Å². The number of benzene rings is 1. The number of aromatic nitrogens is 2. The summed E-state index contributed by atoms with van der Waals surface area (Å²) in [6.45, 7) is 4.04. The second-order valence-corrected chi connectivity index (χ2v) is 6.05. The van der Waals surface area contributed by atoms with Crippen molar-refractivity contribution in [3.63, 3.8) is 0 Å². The average Bonchev–Trinajstić information content (AvgIpc) is 2.61. The molecule has 0 spiro atoms. The molecule has 0 fully saturated rings. The number of nitrogens with zero attached hydrogens (tertiary/aromatic N) is 2. The summed E-state index contributed by atoms with van der Waals surface area (Å²) in [5.74, 6) is 0.321. The number of pyridine rings is 1. The fourth-order valence-corrected chi connectivity index (χ4v) is 2.57. The number of rotatable bonds is 6. The van der Waals surface area contributed by atoms with Gasteiger partial charge in [0.2, 0.25) is 0 Å². The third-order valence-corrected chi connectivity index (χ3v) is 3.88. The first-order chi connectivity index (χ1) is 12.5. The number of ether oxygens (including phenoxy) is 2. The van der Waals surface area contributed by atoms with E-state index in [9.17, 15) is 9.59 Å². The number of esters is 1. The number of fused-ring (bicyclic) bond motifs is 1. The zero-order valence-corrected chi connectivity index (χ0v) is 14.8. The van der Waals surface area contributed by atoms with Gasteiger partial charge in [-0.05, 0) is 43.2 Å². The Labute approximate surface area is 151 Å². The van der Waals surface area contributed by atoms with Crippen LogP contribution in [0.2, 0.25) is 0 Å². The van der Waals surface area contributed by atoms with Gasteiger partial charge in [-0.1, -0.05) is 18.2 Å². The average molecular weight is 352 g/mol. The minimum atomic E-state index is -0.399. The third-order valence-electron chi connectivity index (χ3n) is 3.88. The second kappa shape index (κ2) is 7.82. The van der Waals surface area contributed by atoms with Crippen LogP contribution in [0.3, 0.4) is 0 Å². The summed E-state index contributed by atoms with van der Waals surface area (Å²) in [6, 6.07) is 12.7. The van der Waals surface area contributed by atoms with Crippen LogP contribution in [0, 0.1) is 13.8 Å². The molecule has 0 aliphatic heterocycles. The Bertz CT molecular complexity index is 995. The van der Waals surface area contributed by atoms with Crippen molar-refractivity contribution in [2.45, 2.75) is 26.9 Å². The molecule has 3 rings (SSSR count). The number of hydrogen-bond acceptors (Lipinski definition) is 5. The number of aryl methyl sites for hydroxylation is 2. The Morgan fingerprint density at radius 2 is 2.00 bits per heavy atom. The van der Waals surface area contributed by atoms with E-state index >= 15 is 0 Å². The molecular weight excluding hydrogens is 332 g/mol. The highest BCUT2D eigenvalue weighted by Gasteiger charge is 2.08. The zero-order valence-electron chi connectivity index (χ0n) is 14.8. The van der Waals surface area contributed by atoms with E-state index in [-0.39, 0.29) is 25.2 Å². The van der Waals surface area contributed by atoms with Crippen LogP contribution in [0.1, 0.15) is 23.2 Å². The third kappa shape index (κ3) is 4.27. The lowest BCUT2D eigenvalue weighted by atomic mass is 10.2. The van der Waals surface area contributed by atoms with Crippen molar-refractivity contribution in [1.29, 1.82) is 0 Å². The van der Waals surface area contributed by atoms with Crippen molar-refractivity contribution in [2.75, 3.05) is 6.61 Å². The molecule has 2 heterocycles. The minimum absolute atomic E-state index is 0.0383. The first-order valence-electron chi connectivity index (χ1n) is 8.36. The standard InChI is InChI=1S/C20H20N2O4/c1-14-5-3-7-17(11-14)25-10-8-19(24)26-13-16-12-18(23)22-9-4-6-15(2)20(22)21-16/h3-7,9,11-12H,8,10,13H2,1-2H3. The zero-order chi connectivity index (χ0) is 18.5. The Hall–Kier alpha value is -3.15. The van der Waals surface area contributed by atoms with Crippen molar-refractivity contribution in [2.24, 2.45) is 0 Å². The number of carbonyl (C=O) groups is 1. The fourth-order valence-electron chi connectivity index (χ4n) is 2.57. The van der Waals surface area contributed by atoms with Crippen LogP contribution in [0.4, 0.5) is 0 Å². The lowest BCUT2D eigenvalue weighted by molar-refractivity contribution is -0.145. The first-order valence-corrected chi connectivity index (χ1v) is 8.36. The Balaban J connectivity index is 1.55. The van der Waals surface area contributed by atoms with E-state index in [0.29, 0.717) is 11.3 Å². The molecule has 134 valence electrons.